The van der Waals surface area contributed by atoms with Gasteiger partial charge in [0.25, 0.3) is 0 Å². The van der Waals surface area contributed by atoms with Crippen LogP contribution >= 0.6 is 0 Å². The second-order valence-electron chi connectivity index (χ2n) is 6.73. The Balaban J connectivity index is 1.62. The van der Waals surface area contributed by atoms with Crippen LogP contribution in [0.5, 0.6) is 5.75 Å². The van der Waals surface area contributed by atoms with Gasteiger partial charge in [0.05, 0.1) is 0 Å². The number of fused-ring (bicyclic) bond motifs is 2. The van der Waals surface area contributed by atoms with Gasteiger partial charge in [-0.15, -0.1) is 0 Å². The van der Waals surface area contributed by atoms with Crippen LogP contribution in [0.25, 0.3) is 11.1 Å². The minimum Gasteiger partial charge on any atom is -0.489 e. The number of para-hydroxylation sites is 1. The van der Waals surface area contributed by atoms with Gasteiger partial charge in [0.15, 0.2) is 0 Å². The minimum atomic E-state index is 0.420. The Morgan fingerprint density at radius 1 is 0.857 bits per heavy atom. The van der Waals surface area contributed by atoms with Gasteiger partial charge in [0.1, 0.15) is 11.9 Å². The lowest BCUT2D eigenvalue weighted by Crippen LogP contribution is -2.28. The first-order valence-electron chi connectivity index (χ1n) is 8.12. The quantitative estimate of drug-likeness (QED) is 0.753. The summed E-state index contributed by atoms with van der Waals surface area (Å²) in [7, 11) is 0. The SMILES string of the molecule is CC1CC2CC(Oc3ccccc3-c3ccccc3)C1C2. The number of ether oxygens (including phenoxy) is 1. The van der Waals surface area contributed by atoms with E-state index in [0.29, 0.717) is 6.10 Å². The average Bonchev–Trinajstić information content (AvgIpc) is 3.07. The van der Waals surface area contributed by atoms with Gasteiger partial charge in [-0.2, -0.15) is 0 Å². The van der Waals surface area contributed by atoms with E-state index < -0.39 is 0 Å². The molecule has 108 valence electrons. The first kappa shape index (κ1) is 12.9. The molecule has 21 heavy (non-hydrogen) atoms. The molecule has 2 fully saturated rings. The minimum absolute atomic E-state index is 0.420. The Morgan fingerprint density at radius 3 is 2.38 bits per heavy atom. The highest BCUT2D eigenvalue weighted by atomic mass is 16.5. The van der Waals surface area contributed by atoms with Crippen LogP contribution < -0.4 is 4.74 Å². The summed E-state index contributed by atoms with van der Waals surface area (Å²) >= 11 is 0. The number of benzene rings is 2. The molecule has 0 radical (unpaired) electrons. The zero-order valence-corrected chi connectivity index (χ0v) is 12.5. The summed E-state index contributed by atoms with van der Waals surface area (Å²) in [6.45, 7) is 2.39. The maximum absolute atomic E-state index is 6.47. The van der Waals surface area contributed by atoms with Gasteiger partial charge in [0, 0.05) is 5.56 Å². The summed E-state index contributed by atoms with van der Waals surface area (Å²) in [6, 6.07) is 19.0. The molecule has 4 unspecified atom stereocenters. The van der Waals surface area contributed by atoms with Gasteiger partial charge in [-0.05, 0) is 48.6 Å². The van der Waals surface area contributed by atoms with Crippen molar-refractivity contribution in [3.05, 3.63) is 54.6 Å². The fourth-order valence-electron chi connectivity index (χ4n) is 4.35. The highest BCUT2D eigenvalue weighted by Crippen LogP contribution is 2.50. The standard InChI is InChI=1S/C20H22O/c1-14-11-15-12-18(14)20(13-15)21-19-10-6-5-9-17(19)16-7-3-2-4-8-16/h2-10,14-15,18,20H,11-13H2,1H3. The second-order valence-corrected chi connectivity index (χ2v) is 6.73. The van der Waals surface area contributed by atoms with Crippen molar-refractivity contribution >= 4 is 0 Å². The molecular weight excluding hydrogens is 256 g/mol. The molecule has 0 N–H and O–H groups in total. The molecular formula is C20H22O. The molecule has 0 heterocycles. The maximum Gasteiger partial charge on any atom is 0.127 e. The number of hydrogen-bond acceptors (Lipinski definition) is 1. The van der Waals surface area contributed by atoms with Gasteiger partial charge in [-0.25, -0.2) is 0 Å². The van der Waals surface area contributed by atoms with Gasteiger partial charge >= 0.3 is 0 Å². The Kier molecular flexibility index (Phi) is 3.21. The number of hydrogen-bond donors (Lipinski definition) is 0. The van der Waals surface area contributed by atoms with Gasteiger partial charge in [-0.1, -0.05) is 55.5 Å². The molecule has 0 spiro atoms. The van der Waals surface area contributed by atoms with E-state index in [9.17, 15) is 0 Å². The maximum atomic E-state index is 6.47. The van der Waals surface area contributed by atoms with Crippen molar-refractivity contribution in [1.29, 1.82) is 0 Å². The predicted molar refractivity (Wildman–Crippen MR) is 86.3 cm³/mol. The van der Waals surface area contributed by atoms with E-state index in [0.717, 1.165) is 23.5 Å². The highest BCUT2D eigenvalue weighted by molar-refractivity contribution is 5.70. The van der Waals surface area contributed by atoms with Crippen LogP contribution in [0.4, 0.5) is 0 Å². The fraction of sp³-hybridized carbons (Fsp3) is 0.400. The summed E-state index contributed by atoms with van der Waals surface area (Å²) in [5.74, 6) is 3.55. The Labute approximate surface area is 127 Å². The lowest BCUT2D eigenvalue weighted by Gasteiger charge is -2.28. The summed E-state index contributed by atoms with van der Waals surface area (Å²) in [5.41, 5.74) is 2.46. The van der Waals surface area contributed by atoms with E-state index in [1.807, 2.05) is 0 Å². The zero-order chi connectivity index (χ0) is 14.2. The molecule has 0 amide bonds. The lowest BCUT2D eigenvalue weighted by molar-refractivity contribution is 0.110. The van der Waals surface area contributed by atoms with Crippen LogP contribution in [0, 0.1) is 17.8 Å². The summed E-state index contributed by atoms with van der Waals surface area (Å²) < 4.78 is 6.47. The van der Waals surface area contributed by atoms with Crippen LogP contribution in [0.3, 0.4) is 0 Å². The van der Waals surface area contributed by atoms with Crippen molar-refractivity contribution in [2.24, 2.45) is 17.8 Å². The van der Waals surface area contributed by atoms with Crippen molar-refractivity contribution in [2.45, 2.75) is 32.3 Å². The lowest BCUT2D eigenvalue weighted by atomic mass is 9.88. The summed E-state index contributed by atoms with van der Waals surface area (Å²) in [6.07, 6.45) is 4.45. The third-order valence-corrected chi connectivity index (χ3v) is 5.33. The summed E-state index contributed by atoms with van der Waals surface area (Å²) in [4.78, 5) is 0. The molecule has 0 saturated heterocycles. The molecule has 2 aromatic carbocycles. The molecule has 0 aliphatic heterocycles. The Morgan fingerprint density at radius 2 is 1.62 bits per heavy atom. The van der Waals surface area contributed by atoms with Crippen LogP contribution in [-0.2, 0) is 0 Å². The fourth-order valence-corrected chi connectivity index (χ4v) is 4.35. The Bertz CT molecular complexity index is 619. The van der Waals surface area contributed by atoms with Crippen molar-refractivity contribution in [3.8, 4) is 16.9 Å². The van der Waals surface area contributed by atoms with Gasteiger partial charge < -0.3 is 4.74 Å². The van der Waals surface area contributed by atoms with Crippen LogP contribution in [0.2, 0.25) is 0 Å². The van der Waals surface area contributed by atoms with Crippen LogP contribution in [-0.4, -0.2) is 6.10 Å². The molecule has 2 bridgehead atoms. The van der Waals surface area contributed by atoms with Gasteiger partial charge in [-0.3, -0.25) is 0 Å². The van der Waals surface area contributed by atoms with E-state index in [2.05, 4.69) is 61.5 Å². The average molecular weight is 278 g/mol. The largest absolute Gasteiger partial charge is 0.489 e. The summed E-state index contributed by atoms with van der Waals surface area (Å²) in [5, 5.41) is 0. The van der Waals surface area contributed by atoms with Crippen molar-refractivity contribution < 1.29 is 4.74 Å². The molecule has 4 rings (SSSR count). The van der Waals surface area contributed by atoms with Crippen molar-refractivity contribution in [3.63, 3.8) is 0 Å². The van der Waals surface area contributed by atoms with Crippen molar-refractivity contribution in [1.82, 2.24) is 0 Å². The predicted octanol–water partition coefficient (Wildman–Crippen LogP) is 5.17. The topological polar surface area (TPSA) is 9.23 Å². The normalized spacial score (nSPS) is 30.5. The van der Waals surface area contributed by atoms with E-state index in [4.69, 9.17) is 4.74 Å². The smallest absolute Gasteiger partial charge is 0.127 e. The van der Waals surface area contributed by atoms with E-state index in [1.165, 1.54) is 30.4 Å². The molecule has 2 aliphatic carbocycles. The molecule has 1 nitrogen and oxygen atoms in total. The van der Waals surface area contributed by atoms with E-state index in [-0.39, 0.29) is 0 Å². The zero-order valence-electron chi connectivity index (χ0n) is 12.5. The molecule has 2 saturated carbocycles. The Hall–Kier alpha value is -1.76. The van der Waals surface area contributed by atoms with Gasteiger partial charge in [0.2, 0.25) is 0 Å². The molecule has 2 aromatic rings. The molecule has 0 aromatic heterocycles. The first-order chi connectivity index (χ1) is 10.3. The molecule has 4 atom stereocenters. The highest BCUT2D eigenvalue weighted by Gasteiger charge is 2.45. The van der Waals surface area contributed by atoms with Crippen LogP contribution in [0.15, 0.2) is 54.6 Å². The van der Waals surface area contributed by atoms with Crippen LogP contribution in [0.1, 0.15) is 26.2 Å². The second kappa shape index (κ2) is 5.22. The van der Waals surface area contributed by atoms with E-state index >= 15 is 0 Å². The first-order valence-corrected chi connectivity index (χ1v) is 8.12. The monoisotopic (exact) mass is 278 g/mol. The third-order valence-electron chi connectivity index (χ3n) is 5.33. The molecule has 1 heteroatoms. The molecule has 2 aliphatic rings. The van der Waals surface area contributed by atoms with Crippen molar-refractivity contribution in [2.75, 3.05) is 0 Å². The number of rotatable bonds is 3. The third kappa shape index (κ3) is 2.35. The van der Waals surface area contributed by atoms with E-state index in [1.54, 1.807) is 0 Å².